The van der Waals surface area contributed by atoms with Crippen LogP contribution < -0.4 is 5.43 Å². The van der Waals surface area contributed by atoms with E-state index in [1.54, 1.807) is 4.90 Å². The van der Waals surface area contributed by atoms with Gasteiger partial charge in [0.1, 0.15) is 5.71 Å². The van der Waals surface area contributed by atoms with E-state index in [2.05, 4.69) is 10.5 Å². The molecular weight excluding hydrogens is 198 g/mol. The highest BCUT2D eigenvalue weighted by atomic mass is 16.3. The molecule has 6 heteroatoms. The minimum Gasteiger partial charge on any atom is -0.391 e. The summed E-state index contributed by atoms with van der Waals surface area (Å²) in [5, 5.41) is 13.0. The van der Waals surface area contributed by atoms with E-state index in [-0.39, 0.29) is 11.8 Å². The second-order valence-electron chi connectivity index (χ2n) is 3.79. The van der Waals surface area contributed by atoms with Crippen LogP contribution in [0.1, 0.15) is 19.3 Å². The number of likely N-dealkylation sites (tertiary alicyclic amines) is 1. The number of hydrogen-bond donors (Lipinski definition) is 2. The van der Waals surface area contributed by atoms with Gasteiger partial charge in [0.2, 0.25) is 5.91 Å². The zero-order valence-electron chi connectivity index (χ0n) is 8.27. The number of aliphatic hydroxyl groups is 1. The second kappa shape index (κ2) is 3.98. The Balaban J connectivity index is 1.99. The van der Waals surface area contributed by atoms with Crippen molar-refractivity contribution in [3.05, 3.63) is 0 Å². The molecule has 0 aliphatic carbocycles. The molecule has 2 N–H and O–H groups in total. The fourth-order valence-electron chi connectivity index (χ4n) is 1.74. The lowest BCUT2D eigenvalue weighted by Gasteiger charge is -2.18. The van der Waals surface area contributed by atoms with Crippen LogP contribution in [0.15, 0.2) is 5.10 Å². The summed E-state index contributed by atoms with van der Waals surface area (Å²) in [7, 11) is 0. The predicted octanol–water partition coefficient (Wildman–Crippen LogP) is -1.15. The molecular formula is C9H13N3O3. The Hall–Kier alpha value is -1.43. The van der Waals surface area contributed by atoms with Gasteiger partial charge in [0.05, 0.1) is 6.10 Å². The van der Waals surface area contributed by atoms with Crippen LogP contribution in [-0.4, -0.2) is 46.7 Å². The number of amides is 2. The lowest BCUT2D eigenvalue weighted by Crippen LogP contribution is -2.39. The first-order chi connectivity index (χ1) is 7.16. The Kier molecular flexibility index (Phi) is 2.68. The Bertz CT molecular complexity index is 327. The molecule has 15 heavy (non-hydrogen) atoms. The SMILES string of the molecule is O=C1CCC(C(=O)N2CC[C@H](O)C2)=NN1. The average molecular weight is 211 g/mol. The van der Waals surface area contributed by atoms with Crippen LogP contribution in [0.2, 0.25) is 0 Å². The predicted molar refractivity (Wildman–Crippen MR) is 52.0 cm³/mol. The van der Waals surface area contributed by atoms with Crippen molar-refractivity contribution >= 4 is 17.5 Å². The summed E-state index contributed by atoms with van der Waals surface area (Å²) in [6.45, 7) is 0.929. The maximum atomic E-state index is 11.8. The van der Waals surface area contributed by atoms with E-state index >= 15 is 0 Å². The topological polar surface area (TPSA) is 82.0 Å². The third kappa shape index (κ3) is 2.15. The van der Waals surface area contributed by atoms with E-state index in [0.717, 1.165) is 0 Å². The fourth-order valence-corrected chi connectivity index (χ4v) is 1.74. The van der Waals surface area contributed by atoms with Crippen molar-refractivity contribution in [3.8, 4) is 0 Å². The van der Waals surface area contributed by atoms with Crippen molar-refractivity contribution in [1.82, 2.24) is 10.3 Å². The summed E-state index contributed by atoms with van der Waals surface area (Å²) in [4.78, 5) is 24.2. The molecule has 0 radical (unpaired) electrons. The van der Waals surface area contributed by atoms with Crippen molar-refractivity contribution in [2.75, 3.05) is 13.1 Å². The number of hydrazone groups is 1. The number of rotatable bonds is 1. The van der Waals surface area contributed by atoms with Crippen molar-refractivity contribution in [3.63, 3.8) is 0 Å². The van der Waals surface area contributed by atoms with Gasteiger partial charge in [-0.1, -0.05) is 0 Å². The molecule has 82 valence electrons. The normalized spacial score (nSPS) is 26.2. The van der Waals surface area contributed by atoms with Crippen LogP contribution >= 0.6 is 0 Å². The minimum absolute atomic E-state index is 0.159. The van der Waals surface area contributed by atoms with Gasteiger partial charge in [-0.15, -0.1) is 0 Å². The first kappa shape index (κ1) is 10.1. The fraction of sp³-hybridized carbons (Fsp3) is 0.667. The molecule has 0 aromatic heterocycles. The number of carbonyl (C=O) groups is 2. The van der Waals surface area contributed by atoms with E-state index in [4.69, 9.17) is 0 Å². The summed E-state index contributed by atoms with van der Waals surface area (Å²) >= 11 is 0. The van der Waals surface area contributed by atoms with E-state index in [9.17, 15) is 14.7 Å². The summed E-state index contributed by atoms with van der Waals surface area (Å²) in [6.07, 6.45) is 0.886. The Morgan fingerprint density at radius 3 is 2.87 bits per heavy atom. The van der Waals surface area contributed by atoms with Crippen molar-refractivity contribution < 1.29 is 14.7 Å². The molecule has 0 spiro atoms. The third-order valence-electron chi connectivity index (χ3n) is 2.60. The molecule has 0 bridgehead atoms. The van der Waals surface area contributed by atoms with Crippen LogP contribution in [0.25, 0.3) is 0 Å². The van der Waals surface area contributed by atoms with Gasteiger partial charge < -0.3 is 10.0 Å². The molecule has 1 atom stereocenters. The van der Waals surface area contributed by atoms with E-state index in [0.29, 0.717) is 38.1 Å². The second-order valence-corrected chi connectivity index (χ2v) is 3.79. The van der Waals surface area contributed by atoms with E-state index in [1.165, 1.54) is 0 Å². The van der Waals surface area contributed by atoms with Gasteiger partial charge >= 0.3 is 0 Å². The molecule has 1 saturated heterocycles. The van der Waals surface area contributed by atoms with Gasteiger partial charge in [0.15, 0.2) is 0 Å². The minimum atomic E-state index is -0.423. The summed E-state index contributed by atoms with van der Waals surface area (Å²) in [6, 6.07) is 0. The number of aliphatic hydroxyl groups excluding tert-OH is 1. The van der Waals surface area contributed by atoms with Gasteiger partial charge in [0, 0.05) is 25.9 Å². The van der Waals surface area contributed by atoms with Gasteiger partial charge in [-0.2, -0.15) is 5.10 Å². The molecule has 6 nitrogen and oxygen atoms in total. The summed E-state index contributed by atoms with van der Waals surface area (Å²) in [5.41, 5.74) is 2.67. The quantitative estimate of drug-likeness (QED) is 0.574. The van der Waals surface area contributed by atoms with Gasteiger partial charge in [-0.05, 0) is 6.42 Å². The highest BCUT2D eigenvalue weighted by Crippen LogP contribution is 2.11. The van der Waals surface area contributed by atoms with Crippen molar-refractivity contribution in [2.45, 2.75) is 25.4 Å². The molecule has 2 heterocycles. The largest absolute Gasteiger partial charge is 0.391 e. The highest BCUT2D eigenvalue weighted by Gasteiger charge is 2.28. The molecule has 2 aliphatic heterocycles. The number of nitrogens with one attached hydrogen (secondary N) is 1. The highest BCUT2D eigenvalue weighted by molar-refractivity contribution is 6.39. The molecule has 0 unspecified atom stereocenters. The van der Waals surface area contributed by atoms with E-state index in [1.807, 2.05) is 0 Å². The lowest BCUT2D eigenvalue weighted by molar-refractivity contribution is -0.124. The van der Waals surface area contributed by atoms with Crippen LogP contribution in [0.4, 0.5) is 0 Å². The monoisotopic (exact) mass is 211 g/mol. The number of carbonyl (C=O) groups excluding carboxylic acids is 2. The van der Waals surface area contributed by atoms with Gasteiger partial charge in [-0.25, -0.2) is 5.43 Å². The van der Waals surface area contributed by atoms with Crippen LogP contribution in [0.5, 0.6) is 0 Å². The zero-order chi connectivity index (χ0) is 10.8. The average Bonchev–Trinajstić information content (AvgIpc) is 2.65. The van der Waals surface area contributed by atoms with Gasteiger partial charge in [-0.3, -0.25) is 9.59 Å². The van der Waals surface area contributed by atoms with Gasteiger partial charge in [0.25, 0.3) is 5.91 Å². The van der Waals surface area contributed by atoms with E-state index < -0.39 is 6.10 Å². The molecule has 0 aromatic rings. The maximum absolute atomic E-state index is 11.8. The number of β-amino-alcohol motifs (C(OH)–C–C–N with tert-alkyl or cyclic N) is 1. The van der Waals surface area contributed by atoms with Crippen LogP contribution in [0.3, 0.4) is 0 Å². The molecule has 0 aromatic carbocycles. The maximum Gasteiger partial charge on any atom is 0.270 e. The molecule has 2 rings (SSSR count). The third-order valence-corrected chi connectivity index (χ3v) is 2.60. The Labute approximate surface area is 86.9 Å². The van der Waals surface area contributed by atoms with Crippen molar-refractivity contribution in [2.24, 2.45) is 5.10 Å². The molecule has 1 fully saturated rings. The van der Waals surface area contributed by atoms with Crippen LogP contribution in [-0.2, 0) is 9.59 Å². The van der Waals surface area contributed by atoms with Crippen molar-refractivity contribution in [1.29, 1.82) is 0 Å². The lowest BCUT2D eigenvalue weighted by atomic mass is 10.1. The first-order valence-corrected chi connectivity index (χ1v) is 4.99. The summed E-state index contributed by atoms with van der Waals surface area (Å²) < 4.78 is 0. The Morgan fingerprint density at radius 2 is 2.33 bits per heavy atom. The smallest absolute Gasteiger partial charge is 0.270 e. The molecule has 0 saturated carbocycles. The summed E-state index contributed by atoms with van der Waals surface area (Å²) in [5.74, 6) is -0.334. The molecule has 2 aliphatic rings. The van der Waals surface area contributed by atoms with Crippen LogP contribution in [0, 0.1) is 0 Å². The zero-order valence-corrected chi connectivity index (χ0v) is 8.27. The first-order valence-electron chi connectivity index (χ1n) is 4.99. The standard InChI is InChI=1S/C9H13N3O3/c13-6-3-4-12(5-6)9(15)7-1-2-8(14)11-10-7/h6,13H,1-5H2,(H,11,14)/t6-/m0/s1. The molecule has 2 amide bonds. The number of hydrogen-bond acceptors (Lipinski definition) is 4. The Morgan fingerprint density at radius 1 is 1.53 bits per heavy atom. The number of nitrogens with zero attached hydrogens (tertiary/aromatic N) is 2.